The monoisotopic (exact) mass is 428 g/mol. The molecule has 0 bridgehead atoms. The molecule has 1 unspecified atom stereocenters. The summed E-state index contributed by atoms with van der Waals surface area (Å²) in [4.78, 5) is 38.6. The number of carbonyl (C=O) groups is 3. The molecule has 3 rings (SSSR count). The van der Waals surface area contributed by atoms with Crippen molar-refractivity contribution in [3.8, 4) is 0 Å². The van der Waals surface area contributed by atoms with Gasteiger partial charge in [0.1, 0.15) is 12.2 Å². The van der Waals surface area contributed by atoms with E-state index >= 15 is 0 Å². The zero-order valence-electron chi connectivity index (χ0n) is 17.1. The third kappa shape index (κ3) is 3.92. The van der Waals surface area contributed by atoms with Gasteiger partial charge in [0.05, 0.1) is 5.41 Å². The number of aliphatic hydroxyl groups is 1. The maximum Gasteiger partial charge on any atom is 0.305 e. The van der Waals surface area contributed by atoms with E-state index in [1.807, 2.05) is 6.92 Å². The molecule has 0 aliphatic heterocycles. The number of halogens is 1. The number of esters is 1. The van der Waals surface area contributed by atoms with Crippen molar-refractivity contribution in [1.29, 1.82) is 0 Å². The molecule has 0 saturated heterocycles. The van der Waals surface area contributed by atoms with Gasteiger partial charge in [-0.1, -0.05) is 61.8 Å². The van der Waals surface area contributed by atoms with Gasteiger partial charge in [-0.05, 0) is 30.5 Å². The van der Waals surface area contributed by atoms with E-state index in [9.17, 15) is 19.5 Å². The summed E-state index contributed by atoms with van der Waals surface area (Å²) >= 11 is 6.13. The minimum absolute atomic E-state index is 0.206. The standard InChI is InChI=1S/C24H25ClO5/c1-3-8-20(26)30-15-24(29,16-9-7-10-17(25)13-16)14-23(4-2)21(27)18-11-5-6-12-19(18)22(23)28/h5-7,9-13,29H,3-4,8,14-15H2,1-2H3. The van der Waals surface area contributed by atoms with Crippen LogP contribution in [-0.2, 0) is 15.1 Å². The summed E-state index contributed by atoms with van der Waals surface area (Å²) in [6.07, 6.45) is 0.835. The number of hydrogen-bond donors (Lipinski definition) is 1. The van der Waals surface area contributed by atoms with Gasteiger partial charge < -0.3 is 9.84 Å². The third-order valence-electron chi connectivity index (χ3n) is 5.77. The Bertz CT molecular complexity index is 948. The predicted octanol–water partition coefficient (Wildman–Crippen LogP) is 4.74. The summed E-state index contributed by atoms with van der Waals surface area (Å²) in [7, 11) is 0. The number of ether oxygens (including phenoxy) is 1. The van der Waals surface area contributed by atoms with Gasteiger partial charge in [0.25, 0.3) is 0 Å². The Labute approximate surface area is 181 Å². The van der Waals surface area contributed by atoms with Crippen LogP contribution in [-0.4, -0.2) is 29.2 Å². The maximum absolute atomic E-state index is 13.3. The second-order valence-electron chi connectivity index (χ2n) is 7.77. The lowest BCUT2D eigenvalue weighted by atomic mass is 9.70. The van der Waals surface area contributed by atoms with Crippen LogP contribution in [0.15, 0.2) is 48.5 Å². The molecular weight excluding hydrogens is 404 g/mol. The van der Waals surface area contributed by atoms with Crippen molar-refractivity contribution < 1.29 is 24.2 Å². The van der Waals surface area contributed by atoms with Crippen molar-refractivity contribution in [3.63, 3.8) is 0 Å². The molecule has 30 heavy (non-hydrogen) atoms. The van der Waals surface area contributed by atoms with Crippen LogP contribution in [0.4, 0.5) is 0 Å². The molecule has 5 nitrogen and oxygen atoms in total. The van der Waals surface area contributed by atoms with E-state index in [2.05, 4.69) is 0 Å². The van der Waals surface area contributed by atoms with Gasteiger partial charge in [-0.3, -0.25) is 14.4 Å². The molecule has 1 aliphatic carbocycles. The van der Waals surface area contributed by atoms with Crippen LogP contribution in [0.1, 0.15) is 65.8 Å². The molecule has 0 amide bonds. The summed E-state index contributed by atoms with van der Waals surface area (Å²) in [6, 6.07) is 13.2. The Morgan fingerprint density at radius 2 is 1.70 bits per heavy atom. The molecule has 0 spiro atoms. The maximum atomic E-state index is 13.3. The van der Waals surface area contributed by atoms with E-state index in [4.69, 9.17) is 16.3 Å². The van der Waals surface area contributed by atoms with Crippen LogP contribution in [0.3, 0.4) is 0 Å². The number of carbonyl (C=O) groups excluding carboxylic acids is 3. The largest absolute Gasteiger partial charge is 0.462 e. The lowest BCUT2D eigenvalue weighted by Crippen LogP contribution is -2.44. The molecular formula is C24H25ClO5. The zero-order valence-corrected chi connectivity index (χ0v) is 17.9. The molecule has 158 valence electrons. The average molecular weight is 429 g/mol. The normalized spacial score (nSPS) is 16.8. The van der Waals surface area contributed by atoms with Gasteiger partial charge in [-0.15, -0.1) is 0 Å². The lowest BCUT2D eigenvalue weighted by molar-refractivity contribution is -0.153. The number of Topliss-reactive ketones (excluding diaryl/α,β-unsaturated/α-hetero) is 2. The summed E-state index contributed by atoms with van der Waals surface area (Å²) in [6.45, 7) is 3.23. The first-order valence-electron chi connectivity index (χ1n) is 10.1. The highest BCUT2D eigenvalue weighted by molar-refractivity contribution is 6.30. The van der Waals surface area contributed by atoms with E-state index in [1.165, 1.54) is 0 Å². The predicted molar refractivity (Wildman–Crippen MR) is 114 cm³/mol. The number of ketones is 2. The highest BCUT2D eigenvalue weighted by atomic mass is 35.5. The number of fused-ring (bicyclic) bond motifs is 1. The van der Waals surface area contributed by atoms with Crippen molar-refractivity contribution in [2.45, 2.75) is 45.1 Å². The highest BCUT2D eigenvalue weighted by Gasteiger charge is 2.55. The third-order valence-corrected chi connectivity index (χ3v) is 6.01. The van der Waals surface area contributed by atoms with E-state index in [1.54, 1.807) is 55.5 Å². The van der Waals surface area contributed by atoms with Crippen molar-refractivity contribution in [1.82, 2.24) is 0 Å². The number of hydrogen-bond acceptors (Lipinski definition) is 5. The lowest BCUT2D eigenvalue weighted by Gasteiger charge is -2.36. The quantitative estimate of drug-likeness (QED) is 0.485. The number of benzene rings is 2. The zero-order chi connectivity index (χ0) is 21.9. The van der Waals surface area contributed by atoms with E-state index in [0.29, 0.717) is 28.1 Å². The number of rotatable bonds is 8. The van der Waals surface area contributed by atoms with Gasteiger partial charge in [0.15, 0.2) is 11.6 Å². The van der Waals surface area contributed by atoms with Crippen LogP contribution in [0.2, 0.25) is 5.02 Å². The van der Waals surface area contributed by atoms with E-state index in [0.717, 1.165) is 0 Å². The van der Waals surface area contributed by atoms with Crippen LogP contribution in [0, 0.1) is 5.41 Å². The van der Waals surface area contributed by atoms with Crippen LogP contribution in [0.25, 0.3) is 0 Å². The first-order chi connectivity index (χ1) is 14.3. The Morgan fingerprint density at radius 1 is 1.07 bits per heavy atom. The van der Waals surface area contributed by atoms with Gasteiger partial charge in [0, 0.05) is 29.0 Å². The fourth-order valence-corrected chi connectivity index (χ4v) is 4.28. The molecule has 2 aromatic carbocycles. The van der Waals surface area contributed by atoms with Gasteiger partial charge in [-0.25, -0.2) is 0 Å². The van der Waals surface area contributed by atoms with Gasteiger partial charge >= 0.3 is 5.97 Å². The van der Waals surface area contributed by atoms with Crippen LogP contribution >= 0.6 is 11.6 Å². The average Bonchev–Trinajstić information content (AvgIpc) is 2.95. The van der Waals surface area contributed by atoms with Crippen molar-refractivity contribution in [2.24, 2.45) is 5.41 Å². The Hall–Kier alpha value is -2.50. The fourth-order valence-electron chi connectivity index (χ4n) is 4.09. The van der Waals surface area contributed by atoms with Crippen LogP contribution < -0.4 is 0 Å². The summed E-state index contributed by atoms with van der Waals surface area (Å²) in [5, 5.41) is 12.0. The molecule has 1 atom stereocenters. The van der Waals surface area contributed by atoms with Gasteiger partial charge in [-0.2, -0.15) is 0 Å². The Balaban J connectivity index is 2.02. The van der Waals surface area contributed by atoms with E-state index in [-0.39, 0.29) is 37.4 Å². The smallest absolute Gasteiger partial charge is 0.305 e. The van der Waals surface area contributed by atoms with Crippen molar-refractivity contribution >= 4 is 29.1 Å². The highest BCUT2D eigenvalue weighted by Crippen LogP contribution is 2.47. The summed E-state index contributed by atoms with van der Waals surface area (Å²) < 4.78 is 5.33. The van der Waals surface area contributed by atoms with Gasteiger partial charge in [0.2, 0.25) is 0 Å². The van der Waals surface area contributed by atoms with Crippen molar-refractivity contribution in [2.75, 3.05) is 6.61 Å². The second-order valence-corrected chi connectivity index (χ2v) is 8.21. The molecule has 0 heterocycles. The molecule has 2 aromatic rings. The molecule has 0 saturated carbocycles. The SMILES string of the molecule is CCCC(=O)OCC(O)(CC1(CC)C(=O)c2ccccc2C1=O)c1cccc(Cl)c1. The molecule has 1 aliphatic rings. The molecule has 0 radical (unpaired) electrons. The first kappa shape index (κ1) is 22.2. The molecule has 0 fully saturated rings. The first-order valence-corrected chi connectivity index (χ1v) is 10.5. The minimum atomic E-state index is -1.75. The summed E-state index contributed by atoms with van der Waals surface area (Å²) in [5.74, 6) is -1.08. The second kappa shape index (κ2) is 8.70. The molecule has 0 aromatic heterocycles. The van der Waals surface area contributed by atoms with Crippen LogP contribution in [0.5, 0.6) is 0 Å². The Kier molecular flexibility index (Phi) is 6.44. The topological polar surface area (TPSA) is 80.7 Å². The molecule has 6 heteroatoms. The van der Waals surface area contributed by atoms with E-state index < -0.39 is 17.0 Å². The minimum Gasteiger partial charge on any atom is -0.462 e. The Morgan fingerprint density at radius 3 is 2.23 bits per heavy atom. The summed E-state index contributed by atoms with van der Waals surface area (Å²) in [5.41, 5.74) is -2.07. The fraction of sp³-hybridized carbons (Fsp3) is 0.375. The molecule has 1 N–H and O–H groups in total. The van der Waals surface area contributed by atoms with Crippen molar-refractivity contribution in [3.05, 3.63) is 70.2 Å².